The van der Waals surface area contributed by atoms with E-state index >= 15 is 0 Å². The highest BCUT2D eigenvalue weighted by Gasteiger charge is 2.19. The van der Waals surface area contributed by atoms with E-state index in [2.05, 4.69) is 170 Å². The molecule has 0 saturated carbocycles. The molecule has 4 aromatic heterocycles. The number of thiophene rings is 1. The molecule has 0 aliphatic carbocycles. The third-order valence-electron chi connectivity index (χ3n) is 12.2. The number of hydrogen-bond acceptors (Lipinski definition) is 7. The summed E-state index contributed by atoms with van der Waals surface area (Å²) in [5, 5.41) is 8.89. The van der Waals surface area contributed by atoms with E-state index in [0.717, 1.165) is 82.7 Å². The zero-order valence-electron chi connectivity index (χ0n) is 34.1. The molecule has 0 unspecified atom stereocenters. The Kier molecular flexibility index (Phi) is 8.29. The lowest BCUT2D eigenvalue weighted by molar-refractivity contribution is 0.669. The van der Waals surface area contributed by atoms with Gasteiger partial charge in [0, 0.05) is 71.2 Å². The summed E-state index contributed by atoms with van der Waals surface area (Å²) < 4.78 is 8.91. The summed E-state index contributed by atoms with van der Waals surface area (Å²) >= 11 is 1.80. The van der Waals surface area contributed by atoms with Crippen LogP contribution in [0.3, 0.4) is 0 Å². The Morgan fingerprint density at radius 3 is 1.61 bits per heavy atom. The Morgan fingerprint density at radius 2 is 0.859 bits per heavy atom. The van der Waals surface area contributed by atoms with Gasteiger partial charge in [-0.25, -0.2) is 15.0 Å². The largest absolute Gasteiger partial charge is 0.456 e. The molecule has 13 rings (SSSR count). The Balaban J connectivity index is 0.964. The fraction of sp³-hybridized carbons (Fsp3) is 0. The molecule has 0 atom stereocenters. The van der Waals surface area contributed by atoms with Gasteiger partial charge in [0.05, 0.1) is 11.4 Å². The Bertz CT molecular complexity index is 3980. The maximum absolute atomic E-state index is 6.45. The van der Waals surface area contributed by atoms with Crippen LogP contribution in [0.5, 0.6) is 0 Å². The van der Waals surface area contributed by atoms with E-state index in [1.54, 1.807) is 23.7 Å². The minimum Gasteiger partial charge on any atom is -0.456 e. The molecule has 0 spiro atoms. The normalized spacial score (nSPS) is 11.8. The van der Waals surface area contributed by atoms with Crippen molar-refractivity contribution in [3.8, 4) is 67.8 Å². The van der Waals surface area contributed by atoms with Gasteiger partial charge in [0.15, 0.2) is 17.5 Å². The molecule has 64 heavy (non-hydrogen) atoms. The van der Waals surface area contributed by atoms with Crippen LogP contribution in [0, 0.1) is 0 Å². The smallest absolute Gasteiger partial charge is 0.164 e. The number of nitrogens with zero attached hydrogens (tertiary/aromatic N) is 5. The van der Waals surface area contributed by atoms with E-state index in [4.69, 9.17) is 29.3 Å². The summed E-state index contributed by atoms with van der Waals surface area (Å²) in [7, 11) is 0. The molecular weight excluding hydrogens is 803 g/mol. The zero-order valence-corrected chi connectivity index (χ0v) is 34.9. The van der Waals surface area contributed by atoms with Crippen LogP contribution >= 0.6 is 11.3 Å². The summed E-state index contributed by atoms with van der Waals surface area (Å²) in [5.74, 6) is 1.79. The number of benzene rings is 9. The topological polar surface area (TPSA) is 77.6 Å². The van der Waals surface area contributed by atoms with Crippen LogP contribution in [0.2, 0.25) is 0 Å². The number of fused-ring (bicyclic) bond motifs is 8. The average Bonchev–Trinajstić information content (AvgIpc) is 3.93. The lowest BCUT2D eigenvalue weighted by Gasteiger charge is -2.11. The van der Waals surface area contributed by atoms with E-state index in [1.165, 1.54) is 31.3 Å². The predicted octanol–water partition coefficient (Wildman–Crippen LogP) is 15.2. The third kappa shape index (κ3) is 6.13. The summed E-state index contributed by atoms with van der Waals surface area (Å²) in [6, 6.07) is 65.8. The Hall–Kier alpha value is -8.39. The van der Waals surface area contributed by atoms with Crippen molar-refractivity contribution in [3.63, 3.8) is 0 Å². The van der Waals surface area contributed by atoms with Crippen molar-refractivity contribution in [1.29, 1.82) is 0 Å². The van der Waals surface area contributed by atoms with Crippen LogP contribution in [-0.2, 0) is 0 Å². The number of rotatable bonds is 6. The zero-order chi connectivity index (χ0) is 42.1. The first-order valence-electron chi connectivity index (χ1n) is 21.2. The van der Waals surface area contributed by atoms with E-state index < -0.39 is 0 Å². The summed E-state index contributed by atoms with van der Waals surface area (Å²) in [6.07, 6.45) is 3.52. The highest BCUT2D eigenvalue weighted by molar-refractivity contribution is 7.25. The van der Waals surface area contributed by atoms with Crippen LogP contribution in [0.4, 0.5) is 0 Å². The van der Waals surface area contributed by atoms with Gasteiger partial charge in [-0.2, -0.15) is 0 Å². The Labute approximate surface area is 370 Å². The van der Waals surface area contributed by atoms with Crippen molar-refractivity contribution in [2.24, 2.45) is 0 Å². The van der Waals surface area contributed by atoms with Gasteiger partial charge in [0.25, 0.3) is 0 Å². The van der Waals surface area contributed by atoms with E-state index in [1.807, 2.05) is 18.2 Å². The van der Waals surface area contributed by atoms with Crippen molar-refractivity contribution >= 4 is 75.0 Å². The minimum atomic E-state index is 0.578. The maximum atomic E-state index is 6.45. The van der Waals surface area contributed by atoms with Crippen molar-refractivity contribution in [1.82, 2.24) is 24.9 Å². The molecule has 9 aromatic carbocycles. The molecule has 4 heterocycles. The predicted molar refractivity (Wildman–Crippen MR) is 263 cm³/mol. The van der Waals surface area contributed by atoms with Crippen LogP contribution in [0.25, 0.3) is 131 Å². The van der Waals surface area contributed by atoms with Gasteiger partial charge in [0.1, 0.15) is 11.2 Å². The molecule has 7 heteroatoms. The van der Waals surface area contributed by atoms with E-state index in [0.29, 0.717) is 17.5 Å². The fourth-order valence-electron chi connectivity index (χ4n) is 9.06. The second-order valence-electron chi connectivity index (χ2n) is 16.1. The molecule has 0 radical (unpaired) electrons. The molecule has 13 aromatic rings. The molecule has 6 nitrogen and oxygen atoms in total. The van der Waals surface area contributed by atoms with E-state index in [-0.39, 0.29) is 0 Å². The molecule has 0 aliphatic heterocycles. The van der Waals surface area contributed by atoms with E-state index in [9.17, 15) is 0 Å². The Morgan fingerprint density at radius 1 is 0.328 bits per heavy atom. The molecule has 298 valence electrons. The van der Waals surface area contributed by atoms with Crippen LogP contribution in [0.1, 0.15) is 0 Å². The molecule has 0 bridgehead atoms. The summed E-state index contributed by atoms with van der Waals surface area (Å²) in [6.45, 7) is 0. The first kappa shape index (κ1) is 36.3. The fourth-order valence-corrected chi connectivity index (χ4v) is 10.1. The molecule has 0 fully saturated rings. The van der Waals surface area contributed by atoms with Crippen molar-refractivity contribution in [2.75, 3.05) is 0 Å². The molecule has 0 saturated heterocycles. The second kappa shape index (κ2) is 14.6. The molecule has 0 N–H and O–H groups in total. The number of furan rings is 1. The van der Waals surface area contributed by atoms with Crippen LogP contribution in [-0.4, -0.2) is 24.9 Å². The van der Waals surface area contributed by atoms with Gasteiger partial charge in [-0.3, -0.25) is 9.97 Å². The first-order chi connectivity index (χ1) is 31.7. The van der Waals surface area contributed by atoms with Gasteiger partial charge in [-0.1, -0.05) is 115 Å². The van der Waals surface area contributed by atoms with Crippen LogP contribution in [0.15, 0.2) is 205 Å². The highest BCUT2D eigenvalue weighted by atomic mass is 32.1. The van der Waals surface area contributed by atoms with Crippen molar-refractivity contribution in [3.05, 3.63) is 200 Å². The first-order valence-corrected chi connectivity index (χ1v) is 22.0. The van der Waals surface area contributed by atoms with Crippen molar-refractivity contribution in [2.45, 2.75) is 0 Å². The monoisotopic (exact) mass is 835 g/mol. The minimum absolute atomic E-state index is 0.578. The molecule has 0 amide bonds. The van der Waals surface area contributed by atoms with Gasteiger partial charge >= 0.3 is 0 Å². The van der Waals surface area contributed by atoms with Crippen molar-refractivity contribution < 1.29 is 4.42 Å². The highest BCUT2D eigenvalue weighted by Crippen LogP contribution is 2.41. The average molecular weight is 836 g/mol. The quantitative estimate of drug-likeness (QED) is 0.166. The lowest BCUT2D eigenvalue weighted by Crippen LogP contribution is -2.00. The van der Waals surface area contributed by atoms with Crippen LogP contribution < -0.4 is 0 Å². The second-order valence-corrected chi connectivity index (χ2v) is 17.1. The lowest BCUT2D eigenvalue weighted by atomic mass is 9.97. The number of aromatic nitrogens is 5. The summed E-state index contributed by atoms with van der Waals surface area (Å²) in [5.41, 5.74) is 10.3. The molecular formula is C57H33N5OS. The van der Waals surface area contributed by atoms with Gasteiger partial charge in [-0.15, -0.1) is 11.3 Å². The van der Waals surface area contributed by atoms with Gasteiger partial charge < -0.3 is 4.42 Å². The summed E-state index contributed by atoms with van der Waals surface area (Å²) in [4.78, 5) is 25.4. The third-order valence-corrected chi connectivity index (χ3v) is 13.4. The number of hydrogen-bond donors (Lipinski definition) is 0. The maximum Gasteiger partial charge on any atom is 0.164 e. The van der Waals surface area contributed by atoms with Gasteiger partial charge in [-0.05, 0) is 105 Å². The molecule has 0 aliphatic rings. The van der Waals surface area contributed by atoms with Gasteiger partial charge in [0.2, 0.25) is 0 Å². The SMILES string of the molecule is c1ccc(-c2ccc3sc4ccc(-c5nc(-c6ccc7ccccc7c6)nc(-c6ccc7oc8ccc(-c9nccnc9-c9cccc%10ccccc9%10)cc8c7c6)n5)cc4c3c2)cc1. The standard InChI is InChI=1S/C57H33N5OS/c1-2-9-34(10-3-1)38-21-25-51-47(30-38)48-33-42(22-26-52(48)64-51)57-61-55(40-18-17-35-11-4-5-13-37(35)29-40)60-56(62-57)41-20-24-50-46(32-41)45-31-39(19-23-49(45)63-50)53-54(59-28-27-58-53)44-16-8-14-36-12-6-7-15-43(36)44/h1-33H.